The molecule has 0 heterocycles. The van der Waals surface area contributed by atoms with Gasteiger partial charge in [-0.3, -0.25) is 9.59 Å². The van der Waals surface area contributed by atoms with E-state index in [1.807, 2.05) is 54.6 Å². The topological polar surface area (TPSA) is 70.7 Å². The first-order valence-electron chi connectivity index (χ1n) is 10.6. The largest absolute Gasteiger partial charge is 0.491 e. The molecule has 3 aromatic rings. The number of benzene rings is 3. The molecule has 0 bridgehead atoms. The lowest BCUT2D eigenvalue weighted by atomic mass is 10.1. The number of carbonyl (C=O) groups is 2. The van der Waals surface area contributed by atoms with E-state index in [-0.39, 0.29) is 18.4 Å². The van der Waals surface area contributed by atoms with E-state index in [2.05, 4.69) is 24.5 Å². The molecule has 6 heteroatoms. The van der Waals surface area contributed by atoms with E-state index < -0.39 is 0 Å². The molecular formula is C26H29N3O3. The third-order valence-corrected chi connectivity index (χ3v) is 4.77. The molecule has 0 spiro atoms. The molecule has 0 atom stereocenters. The minimum absolute atomic E-state index is 0.0930. The number of ether oxygens (including phenoxy) is 1. The van der Waals surface area contributed by atoms with Crippen LogP contribution in [0.5, 0.6) is 5.75 Å². The van der Waals surface area contributed by atoms with Crippen LogP contribution in [-0.2, 0) is 4.79 Å². The molecule has 0 unspecified atom stereocenters. The Balaban J connectivity index is 1.54. The number of rotatable bonds is 9. The predicted octanol–water partition coefficient (Wildman–Crippen LogP) is 5.05. The molecule has 32 heavy (non-hydrogen) atoms. The number of hydrogen-bond donors (Lipinski definition) is 2. The van der Waals surface area contributed by atoms with Gasteiger partial charge in [0, 0.05) is 24.0 Å². The Kier molecular flexibility index (Phi) is 7.86. The number of hydrogen-bond acceptors (Lipinski definition) is 4. The third kappa shape index (κ3) is 6.35. The molecule has 6 nitrogen and oxygen atoms in total. The van der Waals surface area contributed by atoms with Crippen molar-refractivity contribution < 1.29 is 14.3 Å². The zero-order valence-electron chi connectivity index (χ0n) is 18.7. The molecule has 166 valence electrons. The van der Waals surface area contributed by atoms with Crippen LogP contribution in [0.25, 0.3) is 0 Å². The van der Waals surface area contributed by atoms with Crippen LogP contribution in [0.2, 0.25) is 0 Å². The summed E-state index contributed by atoms with van der Waals surface area (Å²) < 4.78 is 5.78. The molecule has 0 aliphatic rings. The van der Waals surface area contributed by atoms with Crippen molar-refractivity contribution in [3.8, 4) is 5.75 Å². The Bertz CT molecular complexity index is 1030. The van der Waals surface area contributed by atoms with Crippen molar-refractivity contribution in [3.63, 3.8) is 0 Å². The highest BCUT2D eigenvalue weighted by Gasteiger charge is 2.13. The van der Waals surface area contributed by atoms with E-state index in [1.165, 1.54) is 0 Å². The lowest BCUT2D eigenvalue weighted by Gasteiger charge is -2.17. The zero-order valence-corrected chi connectivity index (χ0v) is 18.7. The van der Waals surface area contributed by atoms with Gasteiger partial charge in [-0.2, -0.15) is 0 Å². The summed E-state index contributed by atoms with van der Waals surface area (Å²) in [7, 11) is 1.75. The molecule has 2 amide bonds. The van der Waals surface area contributed by atoms with E-state index in [1.54, 1.807) is 36.2 Å². The second-order valence-electron chi connectivity index (χ2n) is 7.88. The summed E-state index contributed by atoms with van der Waals surface area (Å²) in [6.07, 6.45) is 0. The van der Waals surface area contributed by atoms with Crippen LogP contribution in [0.15, 0.2) is 78.9 Å². The van der Waals surface area contributed by atoms with Crippen LogP contribution < -0.4 is 20.3 Å². The monoisotopic (exact) mass is 431 g/mol. The molecular weight excluding hydrogens is 402 g/mol. The van der Waals surface area contributed by atoms with Crippen molar-refractivity contribution in [2.75, 3.05) is 35.7 Å². The maximum absolute atomic E-state index is 12.7. The standard InChI is InChI=1S/C26H29N3O3/c1-19(2)18-32-24-12-8-7-11-23(24)28-25(30)17-27-21-15-13-20(14-16-21)26(31)29(3)22-9-5-4-6-10-22/h4-16,19,27H,17-18H2,1-3H3,(H,28,30). The van der Waals surface area contributed by atoms with Crippen LogP contribution in [0.3, 0.4) is 0 Å². The second-order valence-corrected chi connectivity index (χ2v) is 7.88. The molecule has 0 saturated carbocycles. The summed E-state index contributed by atoms with van der Waals surface area (Å²) in [5.74, 6) is 0.760. The average Bonchev–Trinajstić information content (AvgIpc) is 2.82. The van der Waals surface area contributed by atoms with Gasteiger partial charge in [0.25, 0.3) is 5.91 Å². The van der Waals surface area contributed by atoms with Gasteiger partial charge in [0.1, 0.15) is 5.75 Å². The van der Waals surface area contributed by atoms with E-state index >= 15 is 0 Å². The Hall–Kier alpha value is -3.80. The van der Waals surface area contributed by atoms with Crippen molar-refractivity contribution in [3.05, 3.63) is 84.4 Å². The number of nitrogens with one attached hydrogen (secondary N) is 2. The molecule has 0 fully saturated rings. The molecule has 0 aliphatic heterocycles. The van der Waals surface area contributed by atoms with E-state index in [9.17, 15) is 9.59 Å². The maximum Gasteiger partial charge on any atom is 0.258 e. The van der Waals surface area contributed by atoms with Crippen molar-refractivity contribution in [2.24, 2.45) is 5.92 Å². The Morgan fingerprint density at radius 2 is 1.56 bits per heavy atom. The van der Waals surface area contributed by atoms with E-state index in [0.717, 1.165) is 11.4 Å². The van der Waals surface area contributed by atoms with Crippen LogP contribution in [0.1, 0.15) is 24.2 Å². The normalized spacial score (nSPS) is 10.5. The quantitative estimate of drug-likeness (QED) is 0.497. The second kappa shape index (κ2) is 11.0. The predicted molar refractivity (Wildman–Crippen MR) is 130 cm³/mol. The third-order valence-electron chi connectivity index (χ3n) is 4.77. The fourth-order valence-corrected chi connectivity index (χ4v) is 3.02. The Morgan fingerprint density at radius 3 is 2.25 bits per heavy atom. The van der Waals surface area contributed by atoms with Gasteiger partial charge in [0.2, 0.25) is 5.91 Å². The highest BCUT2D eigenvalue weighted by Crippen LogP contribution is 2.24. The first-order chi connectivity index (χ1) is 15.4. The Labute approximate surface area is 189 Å². The van der Waals surface area contributed by atoms with Crippen molar-refractivity contribution in [1.29, 1.82) is 0 Å². The van der Waals surface area contributed by atoms with Gasteiger partial charge in [0.15, 0.2) is 0 Å². The number of para-hydroxylation sites is 3. The lowest BCUT2D eigenvalue weighted by Crippen LogP contribution is -2.26. The molecule has 2 N–H and O–H groups in total. The highest BCUT2D eigenvalue weighted by atomic mass is 16.5. The summed E-state index contributed by atoms with van der Waals surface area (Å²) in [5.41, 5.74) is 2.80. The van der Waals surface area contributed by atoms with Gasteiger partial charge < -0.3 is 20.3 Å². The Morgan fingerprint density at radius 1 is 0.906 bits per heavy atom. The van der Waals surface area contributed by atoms with E-state index in [4.69, 9.17) is 4.74 Å². The smallest absolute Gasteiger partial charge is 0.258 e. The fraction of sp³-hybridized carbons (Fsp3) is 0.231. The van der Waals surface area contributed by atoms with Gasteiger partial charge in [-0.05, 0) is 54.4 Å². The maximum atomic E-state index is 12.7. The van der Waals surface area contributed by atoms with Gasteiger partial charge in [-0.15, -0.1) is 0 Å². The van der Waals surface area contributed by atoms with Crippen LogP contribution in [0, 0.1) is 5.92 Å². The number of anilines is 3. The van der Waals surface area contributed by atoms with Crippen molar-refractivity contribution >= 4 is 28.9 Å². The zero-order chi connectivity index (χ0) is 22.9. The first-order valence-corrected chi connectivity index (χ1v) is 10.6. The molecule has 0 aliphatic carbocycles. The summed E-state index contributed by atoms with van der Waals surface area (Å²) in [6, 6.07) is 23.9. The SMILES string of the molecule is CC(C)COc1ccccc1NC(=O)CNc1ccc(C(=O)N(C)c2ccccc2)cc1. The van der Waals surface area contributed by atoms with Gasteiger partial charge in [-0.25, -0.2) is 0 Å². The summed E-state index contributed by atoms with van der Waals surface area (Å²) in [4.78, 5) is 26.7. The summed E-state index contributed by atoms with van der Waals surface area (Å²) >= 11 is 0. The molecule has 0 radical (unpaired) electrons. The average molecular weight is 432 g/mol. The summed E-state index contributed by atoms with van der Waals surface area (Å²) in [6.45, 7) is 4.82. The fourth-order valence-electron chi connectivity index (χ4n) is 3.02. The highest BCUT2D eigenvalue weighted by molar-refractivity contribution is 6.05. The van der Waals surface area contributed by atoms with Crippen LogP contribution >= 0.6 is 0 Å². The lowest BCUT2D eigenvalue weighted by molar-refractivity contribution is -0.114. The number of carbonyl (C=O) groups excluding carboxylic acids is 2. The number of nitrogens with zero attached hydrogens (tertiary/aromatic N) is 1. The van der Waals surface area contributed by atoms with Crippen molar-refractivity contribution in [2.45, 2.75) is 13.8 Å². The number of amides is 2. The van der Waals surface area contributed by atoms with Gasteiger partial charge in [0.05, 0.1) is 18.8 Å². The van der Waals surface area contributed by atoms with Crippen molar-refractivity contribution in [1.82, 2.24) is 0 Å². The minimum Gasteiger partial charge on any atom is -0.491 e. The molecule has 0 saturated heterocycles. The minimum atomic E-state index is -0.186. The van der Waals surface area contributed by atoms with E-state index in [0.29, 0.717) is 29.5 Å². The summed E-state index contributed by atoms with van der Waals surface area (Å²) in [5, 5.41) is 5.96. The molecule has 3 aromatic carbocycles. The molecule has 0 aromatic heterocycles. The molecule has 3 rings (SSSR count). The van der Waals surface area contributed by atoms with Crippen LogP contribution in [0.4, 0.5) is 17.1 Å². The van der Waals surface area contributed by atoms with Gasteiger partial charge in [-0.1, -0.05) is 44.2 Å². The van der Waals surface area contributed by atoms with Gasteiger partial charge >= 0.3 is 0 Å². The van der Waals surface area contributed by atoms with Crippen LogP contribution in [-0.4, -0.2) is 32.0 Å². The first kappa shape index (κ1) is 22.9.